The van der Waals surface area contributed by atoms with Gasteiger partial charge in [0.2, 0.25) is 0 Å². The van der Waals surface area contributed by atoms with Gasteiger partial charge in [-0.1, -0.05) is 212 Å². The highest BCUT2D eigenvalue weighted by atomic mass is 15.0. The van der Waals surface area contributed by atoms with Crippen LogP contribution in [0.1, 0.15) is 0 Å². The molecule has 0 aliphatic rings. The van der Waals surface area contributed by atoms with E-state index in [9.17, 15) is 0 Å². The Morgan fingerprint density at radius 2 is 0.434 bits per heavy atom. The molecule has 4 nitrogen and oxygen atoms in total. The van der Waals surface area contributed by atoms with E-state index in [4.69, 9.17) is 19.9 Å². The normalized spacial score (nSPS) is 11.2. The minimum Gasteiger partial charge on any atom is -0.256 e. The molecule has 0 saturated carbocycles. The lowest BCUT2D eigenvalue weighted by atomic mass is 9.91. The van der Waals surface area contributed by atoms with Crippen molar-refractivity contribution in [2.24, 2.45) is 0 Å². The Morgan fingerprint density at radius 3 is 0.868 bits per heavy atom. The van der Waals surface area contributed by atoms with E-state index in [1.165, 1.54) is 0 Å². The summed E-state index contributed by atoms with van der Waals surface area (Å²) in [4.78, 5) is 21.3. The molecule has 356 valence electrons. The summed E-state index contributed by atoms with van der Waals surface area (Å²) in [5.74, 6) is 1.69. The van der Waals surface area contributed by atoms with Gasteiger partial charge in [0.15, 0.2) is 17.5 Å². The molecule has 2 aromatic heterocycles. The van der Waals surface area contributed by atoms with E-state index in [1.807, 2.05) is 12.3 Å². The average Bonchev–Trinajstić information content (AvgIpc) is 3.54. The second-order valence-electron chi connectivity index (χ2n) is 19.1. The highest BCUT2D eigenvalue weighted by Gasteiger charge is 2.19. The van der Waals surface area contributed by atoms with E-state index in [0.717, 1.165) is 117 Å². The Kier molecular flexibility index (Phi) is 12.3. The second-order valence-corrected chi connectivity index (χ2v) is 19.1. The summed E-state index contributed by atoms with van der Waals surface area (Å²) in [6.07, 6.45) is 1.94. The summed E-state index contributed by atoms with van der Waals surface area (Å²) < 4.78 is 0. The molecule has 0 bridgehead atoms. The summed E-state index contributed by atoms with van der Waals surface area (Å²) in [6, 6.07) is 101. The molecule has 13 aromatic rings. The molecule has 0 unspecified atom stereocenters. The summed E-state index contributed by atoms with van der Waals surface area (Å²) in [5, 5.41) is 2.23. The first kappa shape index (κ1) is 45.7. The van der Waals surface area contributed by atoms with E-state index in [0.29, 0.717) is 17.5 Å². The molecule has 0 saturated heterocycles. The second kappa shape index (κ2) is 20.4. The molecule has 0 fully saturated rings. The highest BCUT2D eigenvalue weighted by Crippen LogP contribution is 2.39. The monoisotopic (exact) mass is 968 g/mol. The number of fused-ring (bicyclic) bond motifs is 1. The first-order valence-corrected chi connectivity index (χ1v) is 25.7. The van der Waals surface area contributed by atoms with Gasteiger partial charge in [-0.2, -0.15) is 0 Å². The first-order valence-electron chi connectivity index (χ1n) is 25.7. The van der Waals surface area contributed by atoms with Gasteiger partial charge in [-0.15, -0.1) is 0 Å². The third-order valence-corrected chi connectivity index (χ3v) is 14.1. The van der Waals surface area contributed by atoms with E-state index in [2.05, 4.69) is 279 Å². The first-order chi connectivity index (χ1) is 37.6. The number of benzene rings is 11. The molecule has 0 aliphatic heterocycles. The van der Waals surface area contributed by atoms with Crippen molar-refractivity contribution < 1.29 is 0 Å². The molecule has 2 heterocycles. The van der Waals surface area contributed by atoms with Crippen LogP contribution in [0.5, 0.6) is 0 Å². The zero-order valence-electron chi connectivity index (χ0n) is 41.5. The quantitative estimate of drug-likeness (QED) is 0.130. The van der Waals surface area contributed by atoms with Gasteiger partial charge >= 0.3 is 0 Å². The van der Waals surface area contributed by atoms with Gasteiger partial charge in [0.25, 0.3) is 0 Å². The van der Waals surface area contributed by atoms with Crippen molar-refractivity contribution in [3.05, 3.63) is 291 Å². The van der Waals surface area contributed by atoms with Crippen molar-refractivity contribution in [3.63, 3.8) is 0 Å². The summed E-state index contributed by atoms with van der Waals surface area (Å²) in [5.41, 5.74) is 19.9. The summed E-state index contributed by atoms with van der Waals surface area (Å²) in [7, 11) is 0. The van der Waals surface area contributed by atoms with Crippen LogP contribution >= 0.6 is 0 Å². The average molecular weight is 969 g/mol. The number of nitrogens with zero attached hydrogens (tertiary/aromatic N) is 4. The van der Waals surface area contributed by atoms with Gasteiger partial charge in [0, 0.05) is 33.8 Å². The fourth-order valence-corrected chi connectivity index (χ4v) is 10.2. The third kappa shape index (κ3) is 9.62. The van der Waals surface area contributed by atoms with E-state index in [1.54, 1.807) is 0 Å². The predicted octanol–water partition coefficient (Wildman–Crippen LogP) is 18.8. The van der Waals surface area contributed by atoms with Gasteiger partial charge in [-0.25, -0.2) is 15.0 Å². The summed E-state index contributed by atoms with van der Waals surface area (Å²) in [6.45, 7) is 0. The van der Waals surface area contributed by atoms with Gasteiger partial charge in [0.1, 0.15) is 0 Å². The molecule has 76 heavy (non-hydrogen) atoms. The van der Waals surface area contributed by atoms with E-state index >= 15 is 0 Å². The molecule has 11 aromatic carbocycles. The topological polar surface area (TPSA) is 51.6 Å². The van der Waals surface area contributed by atoms with Crippen molar-refractivity contribution >= 4 is 10.8 Å². The van der Waals surface area contributed by atoms with Crippen LogP contribution in [0, 0.1) is 0 Å². The Morgan fingerprint density at radius 1 is 0.171 bits per heavy atom. The van der Waals surface area contributed by atoms with Crippen LogP contribution in [0.2, 0.25) is 0 Å². The Bertz CT molecular complexity index is 4140. The van der Waals surface area contributed by atoms with Crippen molar-refractivity contribution in [1.29, 1.82) is 0 Å². The maximum absolute atomic E-state index is 5.51. The van der Waals surface area contributed by atoms with Crippen LogP contribution in [0.15, 0.2) is 291 Å². The predicted molar refractivity (Wildman–Crippen MR) is 315 cm³/mol. The van der Waals surface area contributed by atoms with Crippen LogP contribution in [0.3, 0.4) is 0 Å². The minimum atomic E-state index is 0.560. The largest absolute Gasteiger partial charge is 0.256 e. The fourth-order valence-electron chi connectivity index (χ4n) is 10.2. The maximum atomic E-state index is 5.51. The molecule has 0 aliphatic carbocycles. The molecule has 0 radical (unpaired) electrons. The van der Waals surface area contributed by atoms with Crippen molar-refractivity contribution in [2.75, 3.05) is 0 Å². The van der Waals surface area contributed by atoms with Crippen molar-refractivity contribution in [3.8, 4) is 123 Å². The van der Waals surface area contributed by atoms with Gasteiger partial charge in [-0.3, -0.25) is 4.98 Å². The molecule has 0 amide bonds. The lowest BCUT2D eigenvalue weighted by molar-refractivity contribution is 1.07. The number of hydrogen-bond acceptors (Lipinski definition) is 4. The summed E-state index contributed by atoms with van der Waals surface area (Å²) >= 11 is 0. The lowest BCUT2D eigenvalue weighted by Gasteiger charge is -2.15. The van der Waals surface area contributed by atoms with Crippen LogP contribution in [0.25, 0.3) is 134 Å². The number of pyridine rings is 1. The van der Waals surface area contributed by atoms with Crippen LogP contribution in [0.4, 0.5) is 0 Å². The van der Waals surface area contributed by atoms with E-state index in [-0.39, 0.29) is 0 Å². The van der Waals surface area contributed by atoms with Gasteiger partial charge in [-0.05, 0) is 156 Å². The van der Waals surface area contributed by atoms with E-state index < -0.39 is 0 Å². The third-order valence-electron chi connectivity index (χ3n) is 14.1. The SMILES string of the molecule is c1ccc(-c2cccc(-c3cc(-c4ccccc4)cc(-c4nc(-c5cc(-c6ccccc6)cc(-c6cc(-c7ccccc7)cc(-c7ccccc7)c6)c5)nc(-c5cccc(-c6cc7ccccc7cn6)c5)n4)c3)c2)cc1. The van der Waals surface area contributed by atoms with Crippen molar-refractivity contribution in [2.45, 2.75) is 0 Å². The highest BCUT2D eigenvalue weighted by molar-refractivity contribution is 5.88. The van der Waals surface area contributed by atoms with Crippen LogP contribution in [-0.2, 0) is 0 Å². The molecular formula is C72H48N4. The smallest absolute Gasteiger partial charge is 0.164 e. The number of rotatable bonds is 11. The van der Waals surface area contributed by atoms with Gasteiger partial charge < -0.3 is 0 Å². The van der Waals surface area contributed by atoms with Crippen LogP contribution in [-0.4, -0.2) is 19.9 Å². The fraction of sp³-hybridized carbons (Fsp3) is 0. The zero-order chi connectivity index (χ0) is 50.6. The van der Waals surface area contributed by atoms with Crippen molar-refractivity contribution in [1.82, 2.24) is 19.9 Å². The molecule has 0 N–H and O–H groups in total. The number of aromatic nitrogens is 4. The lowest BCUT2D eigenvalue weighted by Crippen LogP contribution is -2.01. The molecular weight excluding hydrogens is 921 g/mol. The molecule has 0 spiro atoms. The minimum absolute atomic E-state index is 0.560. The molecule has 4 heteroatoms. The Balaban J connectivity index is 1.03. The Hall–Kier alpha value is -10.2. The van der Waals surface area contributed by atoms with Gasteiger partial charge in [0.05, 0.1) is 5.69 Å². The maximum Gasteiger partial charge on any atom is 0.164 e. The Labute approximate surface area is 443 Å². The molecule has 13 rings (SSSR count). The van der Waals surface area contributed by atoms with Crippen LogP contribution < -0.4 is 0 Å². The number of hydrogen-bond donors (Lipinski definition) is 0. The molecule has 0 atom stereocenters. The standard InChI is InChI=1S/C72H48N4/c1-6-20-49(21-7-1)54-32-18-33-55(36-54)64-39-62(52-26-12-4-13-27-52)43-67(45-64)71-74-70(58-35-19-34-57(37-58)69-47-56-30-16-17-31-59(56)48-73-69)75-72(76-71)68-44-63(53-28-14-5-15-29-53)42-66(46-68)65-40-60(50-22-8-2-9-23-50)38-61(41-65)51-24-10-3-11-25-51/h1-48H. The zero-order valence-corrected chi connectivity index (χ0v) is 41.5.